The summed E-state index contributed by atoms with van der Waals surface area (Å²) in [6.45, 7) is 2.78. The lowest BCUT2D eigenvalue weighted by molar-refractivity contribution is 0.140. The van der Waals surface area contributed by atoms with Crippen LogP contribution in [0.3, 0.4) is 0 Å². The van der Waals surface area contributed by atoms with Gasteiger partial charge in [-0.15, -0.1) is 0 Å². The molecule has 0 aromatic heterocycles. The van der Waals surface area contributed by atoms with Crippen LogP contribution in [-0.2, 0) is 0 Å². The molecule has 29 heavy (non-hydrogen) atoms. The highest BCUT2D eigenvalue weighted by Gasteiger charge is 2.30. The highest BCUT2D eigenvalue weighted by atomic mass is 35.5. The summed E-state index contributed by atoms with van der Waals surface area (Å²) in [7, 11) is 1.79. The minimum atomic E-state index is -0.128. The van der Waals surface area contributed by atoms with E-state index < -0.39 is 0 Å². The first-order valence-corrected chi connectivity index (χ1v) is 13.2. The van der Waals surface area contributed by atoms with Crippen molar-refractivity contribution < 1.29 is 4.39 Å². The lowest BCUT2D eigenvalue weighted by atomic mass is 9.68. The number of unbranched alkanes of at least 4 members (excludes halogenated alkanes) is 4. The predicted molar refractivity (Wildman–Crippen MR) is 126 cm³/mol. The Morgan fingerprint density at radius 1 is 0.793 bits per heavy atom. The maximum Gasteiger partial charge on any atom is 0.116 e. The van der Waals surface area contributed by atoms with Crippen molar-refractivity contribution in [3.05, 3.63) is 10.9 Å². The van der Waals surface area contributed by atoms with Crippen LogP contribution in [0.25, 0.3) is 0 Å². The van der Waals surface area contributed by atoms with Crippen LogP contribution in [-0.4, -0.2) is 13.6 Å². The zero-order valence-electron chi connectivity index (χ0n) is 19.3. The molecule has 0 radical (unpaired) electrons. The van der Waals surface area contributed by atoms with Crippen LogP contribution in [0.2, 0.25) is 0 Å². The second-order valence-corrected chi connectivity index (χ2v) is 10.5. The molecular formula is C26H47ClFN. The van der Waals surface area contributed by atoms with Gasteiger partial charge in [-0.05, 0) is 62.8 Å². The Balaban J connectivity index is 1.47. The summed E-state index contributed by atoms with van der Waals surface area (Å²) in [5.41, 5.74) is 0. The molecule has 2 fully saturated rings. The molecule has 0 bridgehead atoms. The van der Waals surface area contributed by atoms with E-state index in [4.69, 9.17) is 11.6 Å². The van der Waals surface area contributed by atoms with Gasteiger partial charge in [0.1, 0.15) is 5.83 Å². The fourth-order valence-electron chi connectivity index (χ4n) is 5.94. The topological polar surface area (TPSA) is 12.0 Å². The number of rotatable bonds is 13. The van der Waals surface area contributed by atoms with Gasteiger partial charge < -0.3 is 5.32 Å². The average molecular weight is 428 g/mol. The first kappa shape index (κ1) is 25.2. The molecule has 2 rings (SSSR count). The predicted octanol–water partition coefficient (Wildman–Crippen LogP) is 8.77. The van der Waals surface area contributed by atoms with Crippen LogP contribution in [0, 0.1) is 23.7 Å². The van der Waals surface area contributed by atoms with Crippen molar-refractivity contribution in [3.8, 4) is 0 Å². The zero-order valence-corrected chi connectivity index (χ0v) is 20.0. The molecule has 2 saturated carbocycles. The number of nitrogens with one attached hydrogen (secondary N) is 1. The second-order valence-electron chi connectivity index (χ2n) is 10.00. The molecule has 0 amide bonds. The molecule has 3 heteroatoms. The molecule has 0 aromatic rings. The molecule has 0 spiro atoms. The van der Waals surface area contributed by atoms with E-state index in [1.807, 2.05) is 0 Å². The third kappa shape index (κ3) is 9.72. The fraction of sp³-hybridized carbons (Fsp3) is 0.923. The zero-order chi connectivity index (χ0) is 20.9. The molecule has 1 N–H and O–H groups in total. The molecule has 0 atom stereocenters. The summed E-state index contributed by atoms with van der Waals surface area (Å²) >= 11 is 5.90. The van der Waals surface area contributed by atoms with Crippen LogP contribution in [0.1, 0.15) is 116 Å². The maximum atomic E-state index is 13.7. The molecule has 0 saturated heterocycles. The summed E-state index contributed by atoms with van der Waals surface area (Å²) in [6.07, 6.45) is 22.8. The van der Waals surface area contributed by atoms with E-state index in [1.165, 1.54) is 89.9 Å². The van der Waals surface area contributed by atoms with Crippen molar-refractivity contribution in [1.82, 2.24) is 5.32 Å². The summed E-state index contributed by atoms with van der Waals surface area (Å²) < 4.78 is 13.7. The number of likely N-dealkylation sites (N-methyl/N-ethyl adjacent to an activating group) is 1. The standard InChI is InChI=1S/C26H47ClFN/c1-3-9-21-12-16-23(17-13-21)24-18-14-22(15-19-24)10-7-5-4-6-8-11-26(28)25(27)20-29-2/h21-24,29H,3-20H2,1-2H3/b26-25-. The Morgan fingerprint density at radius 2 is 1.31 bits per heavy atom. The summed E-state index contributed by atoms with van der Waals surface area (Å²) in [5, 5.41) is 3.24. The monoisotopic (exact) mass is 427 g/mol. The first-order chi connectivity index (χ1) is 14.1. The molecule has 2 aliphatic carbocycles. The van der Waals surface area contributed by atoms with Crippen LogP contribution in [0.5, 0.6) is 0 Å². The molecule has 170 valence electrons. The van der Waals surface area contributed by atoms with E-state index in [1.54, 1.807) is 7.05 Å². The summed E-state index contributed by atoms with van der Waals surface area (Å²) in [4.78, 5) is 0. The maximum absolute atomic E-state index is 13.7. The van der Waals surface area contributed by atoms with Gasteiger partial charge in [-0.25, -0.2) is 4.39 Å². The summed E-state index contributed by atoms with van der Waals surface area (Å²) in [5.74, 6) is 4.01. The SMILES string of the molecule is CCCC1CCC(C2CCC(CCCCCCC/C(F)=C(/Cl)CNC)CC2)CC1. The van der Waals surface area contributed by atoms with Crippen LogP contribution in [0.15, 0.2) is 10.9 Å². The quantitative estimate of drug-likeness (QED) is 0.289. The van der Waals surface area contributed by atoms with Gasteiger partial charge in [-0.3, -0.25) is 0 Å². The van der Waals surface area contributed by atoms with Gasteiger partial charge in [-0.1, -0.05) is 89.2 Å². The van der Waals surface area contributed by atoms with Gasteiger partial charge in [0.15, 0.2) is 0 Å². The van der Waals surface area contributed by atoms with Crippen molar-refractivity contribution in [1.29, 1.82) is 0 Å². The number of halogens is 2. The van der Waals surface area contributed by atoms with Crippen molar-refractivity contribution in [3.63, 3.8) is 0 Å². The van der Waals surface area contributed by atoms with Gasteiger partial charge in [0.2, 0.25) is 0 Å². The third-order valence-electron chi connectivity index (χ3n) is 7.78. The van der Waals surface area contributed by atoms with Crippen LogP contribution < -0.4 is 5.32 Å². The Labute approximate surface area is 185 Å². The molecule has 2 aliphatic rings. The fourth-order valence-corrected chi connectivity index (χ4v) is 6.16. The molecule has 0 heterocycles. The molecule has 1 nitrogen and oxygen atoms in total. The van der Waals surface area contributed by atoms with E-state index in [0.717, 1.165) is 36.5 Å². The van der Waals surface area contributed by atoms with Gasteiger partial charge in [0.25, 0.3) is 0 Å². The normalized spacial score (nSPS) is 29.0. The number of allylic oxidation sites excluding steroid dienone is 1. The molecular weight excluding hydrogens is 381 g/mol. The van der Waals surface area contributed by atoms with Gasteiger partial charge >= 0.3 is 0 Å². The van der Waals surface area contributed by atoms with Gasteiger partial charge in [-0.2, -0.15) is 0 Å². The van der Waals surface area contributed by atoms with E-state index in [-0.39, 0.29) is 5.83 Å². The largest absolute Gasteiger partial charge is 0.315 e. The lowest BCUT2D eigenvalue weighted by Crippen LogP contribution is -2.25. The van der Waals surface area contributed by atoms with Gasteiger partial charge in [0, 0.05) is 13.0 Å². The Morgan fingerprint density at radius 3 is 1.86 bits per heavy atom. The first-order valence-electron chi connectivity index (χ1n) is 12.8. The highest BCUT2D eigenvalue weighted by molar-refractivity contribution is 6.30. The summed E-state index contributed by atoms with van der Waals surface area (Å²) in [6, 6.07) is 0. The minimum Gasteiger partial charge on any atom is -0.315 e. The molecule has 0 aliphatic heterocycles. The molecule has 0 unspecified atom stereocenters. The Bertz CT molecular complexity index is 448. The Kier molecular flexibility index (Phi) is 12.9. The molecule has 0 aromatic carbocycles. The smallest absolute Gasteiger partial charge is 0.116 e. The van der Waals surface area contributed by atoms with E-state index >= 15 is 0 Å². The Hall–Kier alpha value is -0.0800. The van der Waals surface area contributed by atoms with Crippen LogP contribution in [0.4, 0.5) is 4.39 Å². The minimum absolute atomic E-state index is 0.128. The lowest BCUT2D eigenvalue weighted by Gasteiger charge is -2.38. The average Bonchev–Trinajstić information content (AvgIpc) is 2.74. The van der Waals surface area contributed by atoms with Crippen molar-refractivity contribution in [2.45, 2.75) is 116 Å². The number of hydrogen-bond acceptors (Lipinski definition) is 1. The van der Waals surface area contributed by atoms with Gasteiger partial charge in [0.05, 0.1) is 5.03 Å². The van der Waals surface area contributed by atoms with E-state index in [2.05, 4.69) is 12.2 Å². The van der Waals surface area contributed by atoms with E-state index in [9.17, 15) is 4.39 Å². The second kappa shape index (κ2) is 14.8. The van der Waals surface area contributed by atoms with Crippen molar-refractivity contribution in [2.75, 3.05) is 13.6 Å². The van der Waals surface area contributed by atoms with Crippen molar-refractivity contribution in [2.24, 2.45) is 23.7 Å². The van der Waals surface area contributed by atoms with Crippen LogP contribution >= 0.6 is 11.6 Å². The van der Waals surface area contributed by atoms with Crippen molar-refractivity contribution >= 4 is 11.6 Å². The van der Waals surface area contributed by atoms with E-state index in [0.29, 0.717) is 18.0 Å². The number of hydrogen-bond donors (Lipinski definition) is 1. The third-order valence-corrected chi connectivity index (χ3v) is 8.12. The highest BCUT2D eigenvalue weighted by Crippen LogP contribution is 2.43.